The topological polar surface area (TPSA) is 56.7 Å². The Kier molecular flexibility index (Phi) is 7.15. The van der Waals surface area contributed by atoms with Gasteiger partial charge in [0.2, 0.25) is 5.95 Å². The fourth-order valence-electron chi connectivity index (χ4n) is 5.70. The van der Waals surface area contributed by atoms with Crippen LogP contribution < -0.4 is 15.2 Å². The molecule has 0 bridgehead atoms. The predicted molar refractivity (Wildman–Crippen MR) is 156 cm³/mol. The van der Waals surface area contributed by atoms with Gasteiger partial charge >= 0.3 is 0 Å². The van der Waals surface area contributed by atoms with Crippen LogP contribution in [0.5, 0.6) is 0 Å². The van der Waals surface area contributed by atoms with Crippen LogP contribution in [-0.4, -0.2) is 42.4 Å². The molecule has 0 unspecified atom stereocenters. The molecule has 2 aliphatic heterocycles. The average Bonchev–Trinajstić information content (AvgIpc) is 3.39. The Morgan fingerprint density at radius 2 is 1.22 bits per heavy atom. The van der Waals surface area contributed by atoms with Crippen molar-refractivity contribution in [2.75, 3.05) is 41.4 Å². The standard InChI is InChI=1S/C31H36N6/c1-2-10-18-36(17-9-1)30-22-29(33-31(34-30)37-19-11-3-4-12-20-37)35-32-23-28-26-15-7-5-13-24(26)21-25-14-6-8-16-27(25)28/h5-8,13-16,21-23H,1-4,9-12,17-20H2,(H,33,34,35)/b32-23+. The monoisotopic (exact) mass is 492 g/mol. The van der Waals surface area contributed by atoms with Crippen molar-refractivity contribution in [2.24, 2.45) is 5.10 Å². The fraction of sp³-hybridized carbons (Fsp3) is 0.387. The van der Waals surface area contributed by atoms with E-state index in [2.05, 4.69) is 75.9 Å². The molecule has 0 saturated carbocycles. The molecule has 190 valence electrons. The van der Waals surface area contributed by atoms with Crippen molar-refractivity contribution in [1.82, 2.24) is 9.97 Å². The zero-order chi connectivity index (χ0) is 24.9. The van der Waals surface area contributed by atoms with E-state index in [0.717, 1.165) is 49.3 Å². The lowest BCUT2D eigenvalue weighted by Gasteiger charge is -2.25. The van der Waals surface area contributed by atoms with Gasteiger partial charge in [0.1, 0.15) is 5.82 Å². The number of rotatable bonds is 5. The Labute approximate surface area is 219 Å². The van der Waals surface area contributed by atoms with E-state index in [1.165, 1.54) is 72.9 Å². The number of aromatic nitrogens is 2. The molecule has 0 aliphatic carbocycles. The molecule has 2 aliphatic rings. The van der Waals surface area contributed by atoms with E-state index in [-0.39, 0.29) is 0 Å². The lowest BCUT2D eigenvalue weighted by atomic mass is 9.97. The Hall–Kier alpha value is -3.67. The van der Waals surface area contributed by atoms with Crippen molar-refractivity contribution in [2.45, 2.75) is 51.4 Å². The molecule has 0 spiro atoms. The molecule has 3 aromatic carbocycles. The molecular weight excluding hydrogens is 456 g/mol. The summed E-state index contributed by atoms with van der Waals surface area (Å²) in [5.74, 6) is 2.61. The van der Waals surface area contributed by atoms with Gasteiger partial charge in [-0.3, -0.25) is 5.43 Å². The molecule has 0 atom stereocenters. The molecule has 1 N–H and O–H groups in total. The Balaban J connectivity index is 1.34. The van der Waals surface area contributed by atoms with Crippen molar-refractivity contribution in [3.05, 3.63) is 66.2 Å². The zero-order valence-electron chi connectivity index (χ0n) is 21.6. The van der Waals surface area contributed by atoms with Gasteiger partial charge < -0.3 is 9.80 Å². The van der Waals surface area contributed by atoms with Gasteiger partial charge in [-0.05, 0) is 53.3 Å². The first kappa shape index (κ1) is 23.7. The van der Waals surface area contributed by atoms with E-state index in [9.17, 15) is 0 Å². The molecule has 2 saturated heterocycles. The lowest BCUT2D eigenvalue weighted by molar-refractivity contribution is 0.726. The van der Waals surface area contributed by atoms with E-state index in [4.69, 9.17) is 15.1 Å². The SMILES string of the molecule is C(=N\Nc1cc(N2CCCCCC2)nc(N2CCCCCC2)n1)/c1c2ccccc2cc2ccccc12. The van der Waals surface area contributed by atoms with Crippen LogP contribution in [0.3, 0.4) is 0 Å². The van der Waals surface area contributed by atoms with Crippen LogP contribution in [0.2, 0.25) is 0 Å². The third-order valence-electron chi connectivity index (χ3n) is 7.71. The second kappa shape index (κ2) is 11.2. The third-order valence-corrected chi connectivity index (χ3v) is 7.71. The molecule has 1 aromatic heterocycles. The largest absolute Gasteiger partial charge is 0.356 e. The second-order valence-corrected chi connectivity index (χ2v) is 10.3. The van der Waals surface area contributed by atoms with E-state index < -0.39 is 0 Å². The van der Waals surface area contributed by atoms with E-state index in [0.29, 0.717) is 0 Å². The number of nitrogens with one attached hydrogen (secondary N) is 1. The first-order valence-corrected chi connectivity index (χ1v) is 13.9. The number of nitrogens with zero attached hydrogens (tertiary/aromatic N) is 5. The molecule has 3 heterocycles. The van der Waals surface area contributed by atoms with Gasteiger partial charge in [-0.25, -0.2) is 0 Å². The minimum absolute atomic E-state index is 0.759. The highest BCUT2D eigenvalue weighted by Crippen LogP contribution is 2.28. The minimum atomic E-state index is 0.759. The van der Waals surface area contributed by atoms with Crippen molar-refractivity contribution in [1.29, 1.82) is 0 Å². The van der Waals surface area contributed by atoms with Gasteiger partial charge in [0, 0.05) is 37.8 Å². The first-order chi connectivity index (χ1) is 18.3. The van der Waals surface area contributed by atoms with Crippen LogP contribution in [0.1, 0.15) is 56.9 Å². The molecular formula is C31H36N6. The molecule has 37 heavy (non-hydrogen) atoms. The number of benzene rings is 3. The van der Waals surface area contributed by atoms with Crippen LogP contribution in [-0.2, 0) is 0 Å². The van der Waals surface area contributed by atoms with Crippen LogP contribution in [0.15, 0.2) is 65.8 Å². The number of hydrazone groups is 1. The van der Waals surface area contributed by atoms with Crippen molar-refractivity contribution < 1.29 is 0 Å². The highest BCUT2D eigenvalue weighted by molar-refractivity contribution is 6.13. The molecule has 0 radical (unpaired) electrons. The zero-order valence-corrected chi connectivity index (χ0v) is 21.6. The van der Waals surface area contributed by atoms with Gasteiger partial charge in [0.15, 0.2) is 5.82 Å². The molecule has 6 rings (SSSR count). The van der Waals surface area contributed by atoms with Gasteiger partial charge in [-0.2, -0.15) is 15.1 Å². The number of hydrogen-bond donors (Lipinski definition) is 1. The third kappa shape index (κ3) is 5.38. The van der Waals surface area contributed by atoms with Gasteiger partial charge in [0.05, 0.1) is 6.21 Å². The van der Waals surface area contributed by atoms with E-state index >= 15 is 0 Å². The minimum Gasteiger partial charge on any atom is -0.356 e. The maximum atomic E-state index is 5.06. The summed E-state index contributed by atoms with van der Waals surface area (Å²) in [4.78, 5) is 14.8. The Bertz CT molecular complexity index is 1290. The summed E-state index contributed by atoms with van der Waals surface area (Å²) >= 11 is 0. The highest BCUT2D eigenvalue weighted by atomic mass is 15.4. The highest BCUT2D eigenvalue weighted by Gasteiger charge is 2.18. The van der Waals surface area contributed by atoms with Crippen LogP contribution in [0.25, 0.3) is 21.5 Å². The maximum Gasteiger partial charge on any atom is 0.229 e. The summed E-state index contributed by atoms with van der Waals surface area (Å²) in [7, 11) is 0. The normalized spacial score (nSPS) is 17.3. The smallest absolute Gasteiger partial charge is 0.229 e. The van der Waals surface area contributed by atoms with E-state index in [1.54, 1.807) is 0 Å². The van der Waals surface area contributed by atoms with Gasteiger partial charge in [-0.15, -0.1) is 0 Å². The summed E-state index contributed by atoms with van der Waals surface area (Å²) < 4.78 is 0. The second-order valence-electron chi connectivity index (χ2n) is 10.3. The summed E-state index contributed by atoms with van der Waals surface area (Å²) in [5.41, 5.74) is 4.40. The summed E-state index contributed by atoms with van der Waals surface area (Å²) in [6, 6.07) is 21.4. The average molecular weight is 493 g/mol. The van der Waals surface area contributed by atoms with Crippen LogP contribution >= 0.6 is 0 Å². The van der Waals surface area contributed by atoms with Crippen molar-refractivity contribution >= 4 is 45.3 Å². The van der Waals surface area contributed by atoms with Gasteiger partial charge in [0.25, 0.3) is 0 Å². The van der Waals surface area contributed by atoms with Crippen molar-refractivity contribution in [3.8, 4) is 0 Å². The quantitative estimate of drug-likeness (QED) is 0.185. The van der Waals surface area contributed by atoms with Crippen LogP contribution in [0.4, 0.5) is 17.6 Å². The van der Waals surface area contributed by atoms with E-state index in [1.807, 2.05) is 6.21 Å². The number of fused-ring (bicyclic) bond motifs is 2. The number of anilines is 3. The summed E-state index contributed by atoms with van der Waals surface area (Å²) in [5, 5.41) is 9.56. The Morgan fingerprint density at radius 1 is 0.649 bits per heavy atom. The number of hydrogen-bond acceptors (Lipinski definition) is 6. The summed E-state index contributed by atoms with van der Waals surface area (Å²) in [6.07, 6.45) is 12.0. The van der Waals surface area contributed by atoms with Crippen molar-refractivity contribution in [3.63, 3.8) is 0 Å². The summed E-state index contributed by atoms with van der Waals surface area (Å²) in [6.45, 7) is 4.16. The predicted octanol–water partition coefficient (Wildman–Crippen LogP) is 6.99. The molecule has 6 nitrogen and oxygen atoms in total. The van der Waals surface area contributed by atoms with Crippen LogP contribution in [0, 0.1) is 0 Å². The fourth-order valence-corrected chi connectivity index (χ4v) is 5.70. The molecule has 0 amide bonds. The maximum absolute atomic E-state index is 5.06. The first-order valence-electron chi connectivity index (χ1n) is 13.9. The Morgan fingerprint density at radius 3 is 1.84 bits per heavy atom. The molecule has 4 aromatic rings. The molecule has 2 fully saturated rings. The lowest BCUT2D eigenvalue weighted by Crippen LogP contribution is -2.29. The molecule has 6 heteroatoms. The van der Waals surface area contributed by atoms with Gasteiger partial charge in [-0.1, -0.05) is 74.2 Å².